The summed E-state index contributed by atoms with van der Waals surface area (Å²) >= 11 is 1.54. The van der Waals surface area contributed by atoms with Gasteiger partial charge in [0.15, 0.2) is 0 Å². The first-order valence-electron chi connectivity index (χ1n) is 11.1. The van der Waals surface area contributed by atoms with E-state index in [0.29, 0.717) is 23.7 Å². The van der Waals surface area contributed by atoms with Crippen molar-refractivity contribution in [2.75, 3.05) is 30.0 Å². The molecule has 0 aliphatic rings. The van der Waals surface area contributed by atoms with Crippen LogP contribution >= 0.6 is 11.8 Å². The minimum Gasteiger partial charge on any atom is -0.494 e. The van der Waals surface area contributed by atoms with E-state index in [1.54, 1.807) is 36.4 Å². The van der Waals surface area contributed by atoms with Crippen LogP contribution in [0.1, 0.15) is 6.92 Å². The Hall–Kier alpha value is -3.49. The highest BCUT2D eigenvalue weighted by molar-refractivity contribution is 7.98. The number of carbonyl (C=O) groups excluding carboxylic acids is 1. The molecule has 6 nitrogen and oxygen atoms in total. The molecular formula is C27H26N2O4S2. The van der Waals surface area contributed by atoms with Crippen LogP contribution in [0.2, 0.25) is 0 Å². The molecule has 0 aliphatic heterocycles. The average Bonchev–Trinajstić information content (AvgIpc) is 2.88. The Balaban J connectivity index is 1.55. The van der Waals surface area contributed by atoms with Crippen LogP contribution in [0, 0.1) is 0 Å². The molecule has 1 amide bonds. The topological polar surface area (TPSA) is 84.5 Å². The maximum Gasteiger partial charge on any atom is 0.243 e. The quantitative estimate of drug-likeness (QED) is 0.277. The standard InChI is InChI=1S/C27H26N2O4S2/c1-3-33-22-10-15-25(26(17-22)35(31,32)24-13-11-23(34-2)12-14-24)28-18-27(30)29-21-9-8-19-6-4-5-7-20(19)16-21/h4-17,28H,3,18H2,1-2H3,(H,29,30). The van der Waals surface area contributed by atoms with Crippen LogP contribution in [0.15, 0.2) is 99.6 Å². The first-order valence-corrected chi connectivity index (χ1v) is 13.8. The highest BCUT2D eigenvalue weighted by Crippen LogP contribution is 2.32. The Labute approximate surface area is 209 Å². The molecule has 0 saturated heterocycles. The van der Waals surface area contributed by atoms with Gasteiger partial charge >= 0.3 is 0 Å². The first kappa shape index (κ1) is 24.6. The minimum atomic E-state index is -3.85. The van der Waals surface area contributed by atoms with E-state index in [-0.39, 0.29) is 22.2 Å². The third-order valence-corrected chi connectivity index (χ3v) is 7.95. The average molecular weight is 507 g/mol. The fourth-order valence-electron chi connectivity index (χ4n) is 3.66. The van der Waals surface area contributed by atoms with Gasteiger partial charge in [-0.15, -0.1) is 11.8 Å². The summed E-state index contributed by atoms with van der Waals surface area (Å²) in [6, 6.07) is 25.1. The molecule has 0 radical (unpaired) electrons. The molecule has 0 aromatic heterocycles. The molecule has 4 aromatic rings. The van der Waals surface area contributed by atoms with Gasteiger partial charge < -0.3 is 15.4 Å². The fourth-order valence-corrected chi connectivity index (χ4v) is 5.51. The highest BCUT2D eigenvalue weighted by Gasteiger charge is 2.23. The van der Waals surface area contributed by atoms with Crippen molar-refractivity contribution in [2.24, 2.45) is 0 Å². The number of hydrogen-bond acceptors (Lipinski definition) is 6. The van der Waals surface area contributed by atoms with Gasteiger partial charge in [0.25, 0.3) is 0 Å². The maximum atomic E-state index is 13.5. The van der Waals surface area contributed by atoms with Crippen molar-refractivity contribution in [3.05, 3.63) is 84.9 Å². The molecule has 35 heavy (non-hydrogen) atoms. The van der Waals surface area contributed by atoms with E-state index in [0.717, 1.165) is 15.7 Å². The zero-order valence-corrected chi connectivity index (χ0v) is 21.1. The Kier molecular flexibility index (Phi) is 7.63. The van der Waals surface area contributed by atoms with Crippen molar-refractivity contribution < 1.29 is 17.9 Å². The van der Waals surface area contributed by atoms with Crippen LogP contribution in [-0.2, 0) is 14.6 Å². The predicted molar refractivity (Wildman–Crippen MR) is 142 cm³/mol. The minimum absolute atomic E-state index is 0.0545. The summed E-state index contributed by atoms with van der Waals surface area (Å²) < 4.78 is 32.5. The molecule has 0 fully saturated rings. The second-order valence-electron chi connectivity index (χ2n) is 7.73. The molecule has 0 aliphatic carbocycles. The number of hydrogen-bond donors (Lipinski definition) is 2. The van der Waals surface area contributed by atoms with Crippen molar-refractivity contribution in [1.29, 1.82) is 0 Å². The number of amides is 1. The fraction of sp³-hybridized carbons (Fsp3) is 0.148. The van der Waals surface area contributed by atoms with Gasteiger partial charge in [-0.05, 0) is 72.5 Å². The van der Waals surface area contributed by atoms with E-state index in [1.165, 1.54) is 17.8 Å². The zero-order chi connectivity index (χ0) is 24.8. The third-order valence-electron chi connectivity index (χ3n) is 5.40. The Morgan fingerprint density at radius 3 is 2.37 bits per heavy atom. The van der Waals surface area contributed by atoms with E-state index in [4.69, 9.17) is 4.74 Å². The van der Waals surface area contributed by atoms with Crippen molar-refractivity contribution in [2.45, 2.75) is 21.6 Å². The van der Waals surface area contributed by atoms with Gasteiger partial charge in [-0.25, -0.2) is 8.42 Å². The van der Waals surface area contributed by atoms with Crippen LogP contribution in [-0.4, -0.2) is 33.7 Å². The van der Waals surface area contributed by atoms with Crippen molar-refractivity contribution in [1.82, 2.24) is 0 Å². The van der Waals surface area contributed by atoms with Gasteiger partial charge in [0.1, 0.15) is 5.75 Å². The summed E-state index contributed by atoms with van der Waals surface area (Å²) in [4.78, 5) is 13.8. The summed E-state index contributed by atoms with van der Waals surface area (Å²) in [5, 5.41) is 7.95. The molecule has 180 valence electrons. The van der Waals surface area contributed by atoms with Gasteiger partial charge in [-0.1, -0.05) is 30.3 Å². The molecule has 0 atom stereocenters. The van der Waals surface area contributed by atoms with Gasteiger partial charge in [0, 0.05) is 16.6 Å². The molecule has 2 N–H and O–H groups in total. The molecule has 0 bridgehead atoms. The first-order chi connectivity index (χ1) is 16.9. The smallest absolute Gasteiger partial charge is 0.243 e. The number of nitrogens with one attached hydrogen (secondary N) is 2. The lowest BCUT2D eigenvalue weighted by Gasteiger charge is -2.15. The van der Waals surface area contributed by atoms with E-state index in [2.05, 4.69) is 10.6 Å². The molecule has 4 rings (SSSR count). The molecule has 8 heteroatoms. The number of ether oxygens (including phenoxy) is 1. The lowest BCUT2D eigenvalue weighted by molar-refractivity contribution is -0.114. The summed E-state index contributed by atoms with van der Waals surface area (Å²) in [7, 11) is -3.85. The number of rotatable bonds is 9. The number of anilines is 2. The van der Waals surface area contributed by atoms with Gasteiger partial charge in [-0.3, -0.25) is 4.79 Å². The van der Waals surface area contributed by atoms with Crippen LogP contribution in [0.5, 0.6) is 5.75 Å². The molecular weight excluding hydrogens is 480 g/mol. The van der Waals surface area contributed by atoms with Crippen LogP contribution in [0.3, 0.4) is 0 Å². The predicted octanol–water partition coefficient (Wildman–Crippen LogP) is 5.84. The second kappa shape index (κ2) is 10.8. The third kappa shape index (κ3) is 5.78. The SMILES string of the molecule is CCOc1ccc(NCC(=O)Nc2ccc3ccccc3c2)c(S(=O)(=O)c2ccc(SC)cc2)c1. The normalized spacial score (nSPS) is 11.3. The molecule has 0 heterocycles. The summed E-state index contributed by atoms with van der Waals surface area (Å²) in [5.41, 5.74) is 1.000. The Morgan fingerprint density at radius 2 is 1.66 bits per heavy atom. The molecule has 0 spiro atoms. The summed E-state index contributed by atoms with van der Waals surface area (Å²) in [6.45, 7) is 2.14. The summed E-state index contributed by atoms with van der Waals surface area (Å²) in [5.74, 6) is 0.153. The maximum absolute atomic E-state index is 13.5. The van der Waals surface area contributed by atoms with Crippen LogP contribution in [0.25, 0.3) is 10.8 Å². The van der Waals surface area contributed by atoms with Gasteiger partial charge in [0.2, 0.25) is 15.7 Å². The Morgan fingerprint density at radius 1 is 0.914 bits per heavy atom. The molecule has 4 aromatic carbocycles. The highest BCUT2D eigenvalue weighted by atomic mass is 32.2. The Bertz CT molecular complexity index is 1450. The van der Waals surface area contributed by atoms with Crippen molar-refractivity contribution >= 4 is 49.7 Å². The second-order valence-corrected chi connectivity index (χ2v) is 10.5. The number of sulfone groups is 1. The number of carbonyl (C=O) groups is 1. The lowest BCUT2D eigenvalue weighted by atomic mass is 10.1. The number of fused-ring (bicyclic) bond motifs is 1. The van der Waals surface area contributed by atoms with Crippen LogP contribution in [0.4, 0.5) is 11.4 Å². The molecule has 0 saturated carbocycles. The lowest BCUT2D eigenvalue weighted by Crippen LogP contribution is -2.22. The largest absolute Gasteiger partial charge is 0.494 e. The van der Waals surface area contributed by atoms with Gasteiger partial charge in [0.05, 0.1) is 28.6 Å². The van der Waals surface area contributed by atoms with Crippen molar-refractivity contribution in [3.63, 3.8) is 0 Å². The summed E-state index contributed by atoms with van der Waals surface area (Å²) in [6.07, 6.45) is 1.93. The van der Waals surface area contributed by atoms with Gasteiger partial charge in [-0.2, -0.15) is 0 Å². The number of benzene rings is 4. The van der Waals surface area contributed by atoms with E-state index in [1.807, 2.05) is 55.6 Å². The van der Waals surface area contributed by atoms with E-state index >= 15 is 0 Å². The molecule has 0 unspecified atom stereocenters. The van der Waals surface area contributed by atoms with Crippen molar-refractivity contribution in [3.8, 4) is 5.75 Å². The van der Waals surface area contributed by atoms with Crippen LogP contribution < -0.4 is 15.4 Å². The number of thioether (sulfide) groups is 1. The monoisotopic (exact) mass is 506 g/mol. The zero-order valence-electron chi connectivity index (χ0n) is 19.4. The van der Waals surface area contributed by atoms with E-state index < -0.39 is 9.84 Å². The van der Waals surface area contributed by atoms with E-state index in [9.17, 15) is 13.2 Å².